The average Bonchev–Trinajstić information content (AvgIpc) is 1.85. The average molecular weight is 185 g/mol. The number of hydrogen-bond donors (Lipinski definition) is 1. The van der Waals surface area contributed by atoms with Crippen molar-refractivity contribution in [1.29, 1.82) is 0 Å². The number of ether oxygens (including phenoxy) is 1. The third kappa shape index (κ3) is 3.79. The number of carbonyl (C=O) groups excluding carboxylic acids is 2. The predicted octanol–water partition coefficient (Wildman–Crippen LogP) is 0.821. The first-order valence-corrected chi connectivity index (χ1v) is 2.93. The second-order valence-electron chi connectivity index (χ2n) is 1.67. The number of imide groups is 1. The van der Waals surface area contributed by atoms with Crippen LogP contribution in [0.1, 0.15) is 6.92 Å². The number of halogens is 3. The number of rotatable bonds is 1. The van der Waals surface area contributed by atoms with E-state index >= 15 is 0 Å². The van der Waals surface area contributed by atoms with Crippen molar-refractivity contribution >= 4 is 12.0 Å². The second-order valence-corrected chi connectivity index (χ2v) is 1.67. The summed E-state index contributed by atoms with van der Waals surface area (Å²) >= 11 is 0. The lowest BCUT2D eigenvalue weighted by Crippen LogP contribution is -2.40. The maximum atomic E-state index is 11.4. The van der Waals surface area contributed by atoms with Gasteiger partial charge in [-0.15, -0.1) is 0 Å². The lowest BCUT2D eigenvalue weighted by atomic mass is 10.6. The van der Waals surface area contributed by atoms with E-state index in [1.807, 2.05) is 0 Å². The van der Waals surface area contributed by atoms with Gasteiger partial charge in [0.25, 0.3) is 0 Å². The first kappa shape index (κ1) is 10.7. The minimum atomic E-state index is -5.06. The fourth-order valence-corrected chi connectivity index (χ4v) is 0.331. The Morgan fingerprint density at radius 1 is 1.42 bits per heavy atom. The van der Waals surface area contributed by atoms with Gasteiger partial charge in [-0.2, -0.15) is 13.2 Å². The highest BCUT2D eigenvalue weighted by atomic mass is 19.4. The largest absolute Gasteiger partial charge is 0.471 e. The second kappa shape index (κ2) is 3.93. The molecule has 70 valence electrons. The van der Waals surface area contributed by atoms with Gasteiger partial charge in [0.2, 0.25) is 0 Å². The number of amides is 2. The van der Waals surface area contributed by atoms with Crippen molar-refractivity contribution in [3.05, 3.63) is 0 Å². The van der Waals surface area contributed by atoms with Gasteiger partial charge in [-0.3, -0.25) is 10.1 Å². The summed E-state index contributed by atoms with van der Waals surface area (Å²) in [6.45, 7) is 1.30. The van der Waals surface area contributed by atoms with Crippen molar-refractivity contribution in [2.45, 2.75) is 13.1 Å². The van der Waals surface area contributed by atoms with Crippen molar-refractivity contribution < 1.29 is 27.5 Å². The standard InChI is InChI=1S/C5H6F3NO3/c1-2-12-4(11)9-3(10)5(6,7)8/h2H2,1H3,(H,9,10,11). The molecule has 0 aromatic heterocycles. The quantitative estimate of drug-likeness (QED) is 0.657. The van der Waals surface area contributed by atoms with Crippen molar-refractivity contribution in [3.8, 4) is 0 Å². The number of carbonyl (C=O) groups is 2. The Kier molecular flexibility index (Phi) is 3.52. The van der Waals surface area contributed by atoms with Crippen LogP contribution in [0, 0.1) is 0 Å². The van der Waals surface area contributed by atoms with E-state index in [1.165, 1.54) is 6.92 Å². The highest BCUT2D eigenvalue weighted by molar-refractivity contribution is 5.94. The van der Waals surface area contributed by atoms with Crippen LogP contribution >= 0.6 is 0 Å². The van der Waals surface area contributed by atoms with Crippen LogP contribution in [-0.2, 0) is 9.53 Å². The summed E-state index contributed by atoms with van der Waals surface area (Å²) in [7, 11) is 0. The number of alkyl halides is 3. The fraction of sp³-hybridized carbons (Fsp3) is 0.600. The normalized spacial score (nSPS) is 10.7. The van der Waals surface area contributed by atoms with E-state index in [9.17, 15) is 22.8 Å². The molecule has 0 unspecified atom stereocenters. The minimum absolute atomic E-state index is 0.100. The van der Waals surface area contributed by atoms with E-state index in [0.717, 1.165) is 5.32 Å². The molecule has 0 aliphatic rings. The topological polar surface area (TPSA) is 55.4 Å². The van der Waals surface area contributed by atoms with Gasteiger partial charge in [0.05, 0.1) is 6.61 Å². The third-order valence-corrected chi connectivity index (χ3v) is 0.748. The van der Waals surface area contributed by atoms with Crippen LogP contribution < -0.4 is 5.32 Å². The molecule has 0 fully saturated rings. The third-order valence-electron chi connectivity index (χ3n) is 0.748. The SMILES string of the molecule is CCOC(=O)NC(=O)C(F)(F)F. The molecule has 0 heterocycles. The summed E-state index contributed by atoms with van der Waals surface area (Å²) in [6.07, 6.45) is -6.47. The van der Waals surface area contributed by atoms with Crippen LogP contribution in [-0.4, -0.2) is 24.8 Å². The number of nitrogens with one attached hydrogen (secondary N) is 1. The first-order valence-electron chi connectivity index (χ1n) is 2.93. The lowest BCUT2D eigenvalue weighted by molar-refractivity contribution is -0.172. The van der Waals surface area contributed by atoms with Crippen molar-refractivity contribution in [3.63, 3.8) is 0 Å². The molecular formula is C5H6F3NO3. The summed E-state index contributed by atoms with van der Waals surface area (Å²) in [5, 5.41) is 0.996. The van der Waals surface area contributed by atoms with Crippen LogP contribution in [0.2, 0.25) is 0 Å². The molecule has 12 heavy (non-hydrogen) atoms. The van der Waals surface area contributed by atoms with Gasteiger partial charge in [0.1, 0.15) is 0 Å². The van der Waals surface area contributed by atoms with E-state index in [1.54, 1.807) is 0 Å². The molecule has 0 atom stereocenters. The van der Waals surface area contributed by atoms with Crippen LogP contribution in [0.25, 0.3) is 0 Å². The van der Waals surface area contributed by atoms with E-state index in [2.05, 4.69) is 4.74 Å². The minimum Gasteiger partial charge on any atom is -0.450 e. The van der Waals surface area contributed by atoms with Crippen LogP contribution in [0.5, 0.6) is 0 Å². The molecule has 0 radical (unpaired) electrons. The van der Waals surface area contributed by atoms with Gasteiger partial charge in [0.15, 0.2) is 0 Å². The van der Waals surface area contributed by atoms with Gasteiger partial charge in [0, 0.05) is 0 Å². The first-order chi connectivity index (χ1) is 5.38. The molecule has 1 N–H and O–H groups in total. The summed E-state index contributed by atoms with van der Waals surface area (Å²) in [5.74, 6) is -2.33. The van der Waals surface area contributed by atoms with Crippen molar-refractivity contribution in [2.75, 3.05) is 6.61 Å². The van der Waals surface area contributed by atoms with Gasteiger partial charge < -0.3 is 4.74 Å². The Balaban J connectivity index is 3.94. The zero-order chi connectivity index (χ0) is 9.78. The van der Waals surface area contributed by atoms with Crippen LogP contribution in [0.3, 0.4) is 0 Å². The molecule has 0 aliphatic carbocycles. The molecule has 0 saturated carbocycles. The Bertz CT molecular complexity index is 189. The summed E-state index contributed by atoms with van der Waals surface area (Å²) < 4.78 is 38.3. The maximum absolute atomic E-state index is 11.4. The smallest absolute Gasteiger partial charge is 0.450 e. The maximum Gasteiger partial charge on any atom is 0.471 e. The Labute approximate surface area is 65.7 Å². The van der Waals surface area contributed by atoms with E-state index in [-0.39, 0.29) is 6.61 Å². The highest BCUT2D eigenvalue weighted by Crippen LogP contribution is 2.13. The van der Waals surface area contributed by atoms with Gasteiger partial charge >= 0.3 is 18.2 Å². The van der Waals surface area contributed by atoms with Crippen LogP contribution in [0.15, 0.2) is 0 Å². The van der Waals surface area contributed by atoms with Crippen molar-refractivity contribution in [1.82, 2.24) is 5.32 Å². The van der Waals surface area contributed by atoms with Gasteiger partial charge in [-0.05, 0) is 6.92 Å². The summed E-state index contributed by atoms with van der Waals surface area (Å²) in [5.41, 5.74) is 0. The predicted molar refractivity (Wildman–Crippen MR) is 31.2 cm³/mol. The Hall–Kier alpha value is -1.27. The molecule has 0 saturated heterocycles. The van der Waals surface area contributed by atoms with Crippen LogP contribution in [0.4, 0.5) is 18.0 Å². The molecule has 7 heteroatoms. The van der Waals surface area contributed by atoms with Crippen molar-refractivity contribution in [2.24, 2.45) is 0 Å². The molecular weight excluding hydrogens is 179 g/mol. The van der Waals surface area contributed by atoms with E-state index < -0.39 is 18.2 Å². The Morgan fingerprint density at radius 3 is 2.25 bits per heavy atom. The summed E-state index contributed by atoms with van der Waals surface area (Å²) in [4.78, 5) is 20.3. The monoisotopic (exact) mass is 185 g/mol. The zero-order valence-corrected chi connectivity index (χ0v) is 6.07. The number of alkyl carbamates (subject to hydrolysis) is 1. The molecule has 0 aliphatic heterocycles. The molecule has 4 nitrogen and oxygen atoms in total. The van der Waals surface area contributed by atoms with Gasteiger partial charge in [-0.1, -0.05) is 0 Å². The molecule has 2 amide bonds. The lowest BCUT2D eigenvalue weighted by Gasteiger charge is -2.05. The number of hydrogen-bond acceptors (Lipinski definition) is 3. The molecule has 0 spiro atoms. The Morgan fingerprint density at radius 2 is 1.92 bits per heavy atom. The molecule has 0 rings (SSSR count). The molecule has 0 aromatic carbocycles. The highest BCUT2D eigenvalue weighted by Gasteiger charge is 2.40. The van der Waals surface area contributed by atoms with E-state index in [0.29, 0.717) is 0 Å². The van der Waals surface area contributed by atoms with Gasteiger partial charge in [-0.25, -0.2) is 4.79 Å². The summed E-state index contributed by atoms with van der Waals surface area (Å²) in [6, 6.07) is 0. The fourth-order valence-electron chi connectivity index (χ4n) is 0.331. The van der Waals surface area contributed by atoms with E-state index in [4.69, 9.17) is 0 Å². The zero-order valence-electron chi connectivity index (χ0n) is 6.07. The molecule has 0 bridgehead atoms. The molecule has 0 aromatic rings.